The normalized spacial score (nSPS) is 13.5. The third-order valence-electron chi connectivity index (χ3n) is 3.85. The standard InChI is InChI=1S/C18H13N5O2S/c1-26(24,25)14-4-2-11(3-5-14)18-15-6-12(8-19)13(9-20)7-16(15)23-17(21)10-22-18/h2-7H,10H2,1H3,(H2,21,23). The number of hydrogen-bond acceptors (Lipinski definition) is 7. The topological polar surface area (TPSA) is 132 Å². The van der Waals surface area contributed by atoms with Crippen molar-refractivity contribution in [3.63, 3.8) is 0 Å². The minimum atomic E-state index is -3.31. The Kier molecular flexibility index (Phi) is 4.29. The maximum absolute atomic E-state index is 11.6. The Morgan fingerprint density at radius 3 is 2.27 bits per heavy atom. The molecule has 8 heteroatoms. The molecule has 0 aliphatic carbocycles. The monoisotopic (exact) mass is 363 g/mol. The van der Waals surface area contributed by atoms with Crippen LogP contribution in [0.3, 0.4) is 0 Å². The minimum Gasteiger partial charge on any atom is -0.386 e. The lowest BCUT2D eigenvalue weighted by Crippen LogP contribution is -2.14. The number of sulfone groups is 1. The first-order valence-corrected chi connectivity index (χ1v) is 9.39. The van der Waals surface area contributed by atoms with Crippen LogP contribution in [0.4, 0.5) is 5.69 Å². The maximum atomic E-state index is 11.6. The van der Waals surface area contributed by atoms with E-state index in [1.807, 2.05) is 12.1 Å². The van der Waals surface area contributed by atoms with Crippen LogP contribution in [0.15, 0.2) is 51.3 Å². The smallest absolute Gasteiger partial charge is 0.175 e. The highest BCUT2D eigenvalue weighted by Gasteiger charge is 2.19. The summed E-state index contributed by atoms with van der Waals surface area (Å²) in [6.45, 7) is 0.154. The SMILES string of the molecule is CS(=O)(=O)c1ccc(C2=NCC(N)=Nc3cc(C#N)c(C#N)cc32)cc1. The summed E-state index contributed by atoms with van der Waals surface area (Å²) >= 11 is 0. The predicted molar refractivity (Wildman–Crippen MR) is 97.2 cm³/mol. The fourth-order valence-corrected chi connectivity index (χ4v) is 3.23. The molecule has 0 atom stereocenters. The van der Waals surface area contributed by atoms with Crippen molar-refractivity contribution in [3.05, 3.63) is 58.7 Å². The molecule has 2 N–H and O–H groups in total. The molecule has 2 aromatic carbocycles. The number of amidine groups is 1. The second-order valence-electron chi connectivity index (χ2n) is 5.70. The second kappa shape index (κ2) is 6.43. The molecular formula is C18H13N5O2S. The summed E-state index contributed by atoms with van der Waals surface area (Å²) in [7, 11) is -3.31. The van der Waals surface area contributed by atoms with Gasteiger partial charge in [-0.2, -0.15) is 10.5 Å². The highest BCUT2D eigenvalue weighted by molar-refractivity contribution is 7.90. The molecule has 0 radical (unpaired) electrons. The van der Waals surface area contributed by atoms with E-state index in [9.17, 15) is 18.9 Å². The van der Waals surface area contributed by atoms with E-state index in [-0.39, 0.29) is 28.4 Å². The number of hydrogen-bond donors (Lipinski definition) is 1. The number of nitrogens with zero attached hydrogens (tertiary/aromatic N) is 4. The first kappa shape index (κ1) is 17.3. The summed E-state index contributed by atoms with van der Waals surface area (Å²) in [4.78, 5) is 8.94. The molecule has 0 spiro atoms. The van der Waals surface area contributed by atoms with Crippen LogP contribution >= 0.6 is 0 Å². The van der Waals surface area contributed by atoms with Gasteiger partial charge in [0.1, 0.15) is 18.0 Å². The lowest BCUT2D eigenvalue weighted by Gasteiger charge is -2.10. The molecule has 3 rings (SSSR count). The second-order valence-corrected chi connectivity index (χ2v) is 7.72. The van der Waals surface area contributed by atoms with E-state index in [4.69, 9.17) is 5.73 Å². The molecule has 7 nitrogen and oxygen atoms in total. The molecule has 0 fully saturated rings. The van der Waals surface area contributed by atoms with Crippen LogP contribution in [-0.4, -0.2) is 32.8 Å². The van der Waals surface area contributed by atoms with Gasteiger partial charge in [-0.3, -0.25) is 4.99 Å². The van der Waals surface area contributed by atoms with Crippen molar-refractivity contribution >= 4 is 27.1 Å². The average Bonchev–Trinajstić information content (AvgIpc) is 2.77. The molecule has 0 saturated heterocycles. The lowest BCUT2D eigenvalue weighted by atomic mass is 9.96. The summed E-state index contributed by atoms with van der Waals surface area (Å²) in [6, 6.07) is 13.3. The van der Waals surface area contributed by atoms with Crippen LogP contribution < -0.4 is 5.73 Å². The predicted octanol–water partition coefficient (Wildman–Crippen LogP) is 1.67. The number of nitrogens with two attached hydrogens (primary N) is 1. The van der Waals surface area contributed by atoms with E-state index in [0.29, 0.717) is 22.5 Å². The maximum Gasteiger partial charge on any atom is 0.175 e. The zero-order chi connectivity index (χ0) is 18.9. The summed E-state index contributed by atoms with van der Waals surface area (Å²) in [6.07, 6.45) is 1.14. The molecule has 1 heterocycles. The average molecular weight is 363 g/mol. The molecule has 0 bridgehead atoms. The van der Waals surface area contributed by atoms with Gasteiger partial charge in [-0.05, 0) is 24.3 Å². The van der Waals surface area contributed by atoms with Gasteiger partial charge in [-0.15, -0.1) is 0 Å². The van der Waals surface area contributed by atoms with E-state index in [2.05, 4.69) is 9.98 Å². The summed E-state index contributed by atoms with van der Waals surface area (Å²) in [5, 5.41) is 18.5. The molecule has 1 aliphatic heterocycles. The number of benzene rings is 2. The van der Waals surface area contributed by atoms with Crippen molar-refractivity contribution in [1.29, 1.82) is 10.5 Å². The Hall–Kier alpha value is -3.49. The Bertz CT molecular complexity index is 1150. The minimum absolute atomic E-state index is 0.154. The number of nitriles is 2. The van der Waals surface area contributed by atoms with Gasteiger partial charge >= 0.3 is 0 Å². The van der Waals surface area contributed by atoms with E-state index in [1.54, 1.807) is 18.2 Å². The van der Waals surface area contributed by atoms with Gasteiger partial charge in [0, 0.05) is 17.4 Å². The van der Waals surface area contributed by atoms with E-state index in [0.717, 1.165) is 6.26 Å². The lowest BCUT2D eigenvalue weighted by molar-refractivity contribution is 0.602. The molecule has 26 heavy (non-hydrogen) atoms. The van der Waals surface area contributed by atoms with Gasteiger partial charge in [-0.1, -0.05) is 12.1 Å². The Morgan fingerprint density at radius 2 is 1.69 bits per heavy atom. The largest absolute Gasteiger partial charge is 0.386 e. The first-order chi connectivity index (χ1) is 12.3. The molecule has 0 amide bonds. The molecule has 2 aromatic rings. The van der Waals surface area contributed by atoms with Crippen molar-refractivity contribution in [1.82, 2.24) is 0 Å². The fourth-order valence-electron chi connectivity index (χ4n) is 2.60. The third kappa shape index (κ3) is 3.18. The van der Waals surface area contributed by atoms with Crippen LogP contribution in [0.5, 0.6) is 0 Å². The van der Waals surface area contributed by atoms with Gasteiger partial charge in [0.25, 0.3) is 0 Å². The molecular weight excluding hydrogens is 350 g/mol. The highest BCUT2D eigenvalue weighted by atomic mass is 32.2. The molecule has 0 unspecified atom stereocenters. The molecule has 0 aromatic heterocycles. The van der Waals surface area contributed by atoms with E-state index < -0.39 is 9.84 Å². The van der Waals surface area contributed by atoms with Gasteiger partial charge in [0.05, 0.1) is 34.0 Å². The molecule has 128 valence electrons. The third-order valence-corrected chi connectivity index (χ3v) is 4.98. The number of fused-ring (bicyclic) bond motifs is 1. The fraction of sp³-hybridized carbons (Fsp3) is 0.111. The summed E-state index contributed by atoms with van der Waals surface area (Å²) in [5.41, 5.74) is 8.47. The Balaban J connectivity index is 2.20. The van der Waals surface area contributed by atoms with Crippen molar-refractivity contribution in [2.45, 2.75) is 4.90 Å². The van der Waals surface area contributed by atoms with Crippen LogP contribution in [0.2, 0.25) is 0 Å². The summed E-state index contributed by atoms with van der Waals surface area (Å²) in [5.74, 6) is 0.280. The molecule has 0 saturated carbocycles. The van der Waals surface area contributed by atoms with Gasteiger partial charge in [-0.25, -0.2) is 13.4 Å². The first-order valence-electron chi connectivity index (χ1n) is 7.50. The van der Waals surface area contributed by atoms with Crippen molar-refractivity contribution in [3.8, 4) is 12.1 Å². The van der Waals surface area contributed by atoms with E-state index in [1.165, 1.54) is 18.2 Å². The van der Waals surface area contributed by atoms with Gasteiger partial charge < -0.3 is 5.73 Å². The van der Waals surface area contributed by atoms with E-state index >= 15 is 0 Å². The quantitative estimate of drug-likeness (QED) is 0.866. The van der Waals surface area contributed by atoms with Gasteiger partial charge in [0.2, 0.25) is 0 Å². The highest BCUT2D eigenvalue weighted by Crippen LogP contribution is 2.29. The Morgan fingerprint density at radius 1 is 1.08 bits per heavy atom. The van der Waals surface area contributed by atoms with Crippen molar-refractivity contribution in [2.24, 2.45) is 15.7 Å². The van der Waals surface area contributed by atoms with Crippen LogP contribution in [0.25, 0.3) is 0 Å². The zero-order valence-corrected chi connectivity index (χ0v) is 14.6. The summed E-state index contributed by atoms with van der Waals surface area (Å²) < 4.78 is 23.3. The van der Waals surface area contributed by atoms with Crippen LogP contribution in [0.1, 0.15) is 22.3 Å². The number of rotatable bonds is 2. The molecule has 1 aliphatic rings. The zero-order valence-electron chi connectivity index (χ0n) is 13.8. The van der Waals surface area contributed by atoms with Crippen LogP contribution in [0, 0.1) is 22.7 Å². The number of aliphatic imine (C=N–C) groups is 2. The Labute approximate surface area is 150 Å². The van der Waals surface area contributed by atoms with Crippen LogP contribution in [-0.2, 0) is 9.84 Å². The van der Waals surface area contributed by atoms with Gasteiger partial charge in [0.15, 0.2) is 9.84 Å². The van der Waals surface area contributed by atoms with Crippen molar-refractivity contribution < 1.29 is 8.42 Å². The van der Waals surface area contributed by atoms with Crippen molar-refractivity contribution in [2.75, 3.05) is 12.8 Å².